The van der Waals surface area contributed by atoms with Crippen LogP contribution in [0.1, 0.15) is 57.8 Å². The molecule has 0 aromatic heterocycles. The van der Waals surface area contributed by atoms with Gasteiger partial charge in [0, 0.05) is 0 Å². The molecule has 0 heteroatoms. The number of fused-ring (bicyclic) bond motifs is 4. The molecule has 0 bridgehead atoms. The van der Waals surface area contributed by atoms with E-state index in [9.17, 15) is 0 Å². The van der Waals surface area contributed by atoms with Crippen molar-refractivity contribution in [3.05, 3.63) is 34.9 Å². The van der Waals surface area contributed by atoms with Crippen molar-refractivity contribution in [1.29, 1.82) is 0 Å². The summed E-state index contributed by atoms with van der Waals surface area (Å²) >= 11 is 0. The molecular weight excluding hydrogens is 216 g/mol. The van der Waals surface area contributed by atoms with Crippen LogP contribution in [-0.2, 0) is 0 Å². The van der Waals surface area contributed by atoms with Gasteiger partial charge in [-0.15, -0.1) is 0 Å². The number of rotatable bonds is 0. The molecule has 96 valence electrons. The maximum absolute atomic E-state index is 4.39. The predicted octanol–water partition coefficient (Wildman–Crippen LogP) is 5.18. The van der Waals surface area contributed by atoms with Gasteiger partial charge >= 0.3 is 0 Å². The number of hydrogen-bond donors (Lipinski definition) is 0. The van der Waals surface area contributed by atoms with Gasteiger partial charge in [0.05, 0.1) is 0 Å². The maximum atomic E-state index is 4.39. The smallest absolute Gasteiger partial charge is 0.0122 e. The molecule has 0 radical (unpaired) electrons. The fourth-order valence-corrected chi connectivity index (χ4v) is 5.18. The Labute approximate surface area is 111 Å². The van der Waals surface area contributed by atoms with E-state index in [-0.39, 0.29) is 0 Å². The largest absolute Gasteiger partial charge is 0.0955 e. The van der Waals surface area contributed by atoms with Gasteiger partial charge in [-0.05, 0) is 80.3 Å². The Morgan fingerprint density at radius 2 is 1.78 bits per heavy atom. The average molecular weight is 240 g/mol. The summed E-state index contributed by atoms with van der Waals surface area (Å²) in [4.78, 5) is 0. The zero-order chi connectivity index (χ0) is 12.1. The Bertz CT molecular complexity index is 449. The highest BCUT2D eigenvalue weighted by Crippen LogP contribution is 2.54. The Hall–Kier alpha value is -0.780. The van der Waals surface area contributed by atoms with E-state index >= 15 is 0 Å². The topological polar surface area (TPSA) is 0 Å². The third-order valence-electron chi connectivity index (χ3n) is 5.99. The van der Waals surface area contributed by atoms with E-state index < -0.39 is 0 Å². The molecule has 3 atom stereocenters. The predicted molar refractivity (Wildman–Crippen MR) is 76.3 cm³/mol. The molecule has 0 amide bonds. The standard InChI is InChI=1S/C18H24/c1-12-11-18-15-6-3-2-5-13(15)9-10-17(18)16-8-4-7-14(12)16/h11,14,16-17H,1-10H2. The third kappa shape index (κ3) is 1.51. The summed E-state index contributed by atoms with van der Waals surface area (Å²) in [6.07, 6.45) is 15.3. The van der Waals surface area contributed by atoms with E-state index in [2.05, 4.69) is 12.7 Å². The summed E-state index contributed by atoms with van der Waals surface area (Å²) in [5.74, 6) is 2.69. The van der Waals surface area contributed by atoms with Gasteiger partial charge in [0.1, 0.15) is 0 Å². The van der Waals surface area contributed by atoms with Crippen LogP contribution in [0.4, 0.5) is 0 Å². The molecule has 0 nitrogen and oxygen atoms in total. The minimum absolute atomic E-state index is 0.837. The lowest BCUT2D eigenvalue weighted by atomic mass is 9.63. The molecule has 1 saturated carbocycles. The molecule has 0 aromatic rings. The van der Waals surface area contributed by atoms with Crippen LogP contribution in [0.2, 0.25) is 0 Å². The number of hydrogen-bond acceptors (Lipinski definition) is 0. The summed E-state index contributed by atoms with van der Waals surface area (Å²) < 4.78 is 0. The average Bonchev–Trinajstić information content (AvgIpc) is 2.89. The fraction of sp³-hybridized carbons (Fsp3) is 0.667. The first kappa shape index (κ1) is 11.1. The van der Waals surface area contributed by atoms with Crippen LogP contribution in [0, 0.1) is 17.8 Å². The monoisotopic (exact) mass is 240 g/mol. The van der Waals surface area contributed by atoms with Crippen LogP contribution in [0.5, 0.6) is 0 Å². The first-order valence-corrected chi connectivity index (χ1v) is 7.96. The van der Waals surface area contributed by atoms with Crippen molar-refractivity contribution in [3.8, 4) is 0 Å². The Kier molecular flexibility index (Phi) is 2.53. The molecular formula is C18H24. The first-order chi connectivity index (χ1) is 8.84. The normalized spacial score (nSPS) is 39.0. The molecule has 0 saturated heterocycles. The second-order valence-corrected chi connectivity index (χ2v) is 6.81. The summed E-state index contributed by atoms with van der Waals surface area (Å²) in [6.45, 7) is 4.39. The SMILES string of the molecule is C=C1C=C2C3=C(CCCC3)CCC2C2CCCC12. The summed E-state index contributed by atoms with van der Waals surface area (Å²) in [5.41, 5.74) is 6.80. The van der Waals surface area contributed by atoms with E-state index in [1.165, 1.54) is 63.4 Å². The highest BCUT2D eigenvalue weighted by atomic mass is 14.5. The quantitative estimate of drug-likeness (QED) is 0.547. The van der Waals surface area contributed by atoms with E-state index in [1.807, 2.05) is 5.57 Å². The van der Waals surface area contributed by atoms with Crippen LogP contribution in [0.15, 0.2) is 34.9 Å². The van der Waals surface area contributed by atoms with Gasteiger partial charge in [-0.3, -0.25) is 0 Å². The van der Waals surface area contributed by atoms with Crippen molar-refractivity contribution in [2.45, 2.75) is 57.8 Å². The molecule has 1 fully saturated rings. The zero-order valence-electron chi connectivity index (χ0n) is 11.4. The van der Waals surface area contributed by atoms with Crippen LogP contribution in [0.25, 0.3) is 0 Å². The van der Waals surface area contributed by atoms with E-state index in [4.69, 9.17) is 0 Å². The molecule has 18 heavy (non-hydrogen) atoms. The van der Waals surface area contributed by atoms with Crippen molar-refractivity contribution < 1.29 is 0 Å². The summed E-state index contributed by atoms with van der Waals surface area (Å²) in [6, 6.07) is 0. The minimum atomic E-state index is 0.837. The zero-order valence-corrected chi connectivity index (χ0v) is 11.4. The molecule has 4 rings (SSSR count). The minimum Gasteiger partial charge on any atom is -0.0955 e. The molecule has 3 unspecified atom stereocenters. The maximum Gasteiger partial charge on any atom is -0.0122 e. The lowest BCUT2D eigenvalue weighted by molar-refractivity contribution is 0.289. The van der Waals surface area contributed by atoms with Gasteiger partial charge in [0.15, 0.2) is 0 Å². The van der Waals surface area contributed by atoms with Gasteiger partial charge in [0.2, 0.25) is 0 Å². The van der Waals surface area contributed by atoms with E-state index in [1.54, 1.807) is 11.1 Å². The molecule has 0 N–H and O–H groups in total. The lowest BCUT2D eigenvalue weighted by Gasteiger charge is -2.42. The Morgan fingerprint density at radius 3 is 2.72 bits per heavy atom. The van der Waals surface area contributed by atoms with Crippen molar-refractivity contribution in [1.82, 2.24) is 0 Å². The highest BCUT2D eigenvalue weighted by Gasteiger charge is 2.42. The summed E-state index contributed by atoms with van der Waals surface area (Å²) in [5, 5.41) is 0. The third-order valence-corrected chi connectivity index (χ3v) is 5.99. The first-order valence-electron chi connectivity index (χ1n) is 7.96. The van der Waals surface area contributed by atoms with Crippen molar-refractivity contribution in [2.75, 3.05) is 0 Å². The molecule has 0 heterocycles. The molecule has 4 aliphatic rings. The molecule has 0 aliphatic heterocycles. The lowest BCUT2D eigenvalue weighted by Crippen LogP contribution is -2.30. The van der Waals surface area contributed by atoms with Crippen LogP contribution < -0.4 is 0 Å². The van der Waals surface area contributed by atoms with Crippen molar-refractivity contribution in [2.24, 2.45) is 17.8 Å². The second kappa shape index (κ2) is 4.11. The highest BCUT2D eigenvalue weighted by molar-refractivity contribution is 5.48. The van der Waals surface area contributed by atoms with E-state index in [0.717, 1.165) is 17.8 Å². The molecule has 0 spiro atoms. The van der Waals surface area contributed by atoms with Gasteiger partial charge in [-0.25, -0.2) is 0 Å². The van der Waals surface area contributed by atoms with Crippen molar-refractivity contribution in [3.63, 3.8) is 0 Å². The Balaban J connectivity index is 1.77. The molecule has 4 aliphatic carbocycles. The Morgan fingerprint density at radius 1 is 0.889 bits per heavy atom. The second-order valence-electron chi connectivity index (χ2n) is 6.81. The van der Waals surface area contributed by atoms with Gasteiger partial charge in [-0.2, -0.15) is 0 Å². The number of allylic oxidation sites excluding steroid dienone is 5. The fourth-order valence-electron chi connectivity index (χ4n) is 5.18. The van der Waals surface area contributed by atoms with Crippen LogP contribution in [0.3, 0.4) is 0 Å². The van der Waals surface area contributed by atoms with Crippen LogP contribution >= 0.6 is 0 Å². The molecule has 0 aromatic carbocycles. The van der Waals surface area contributed by atoms with Crippen molar-refractivity contribution >= 4 is 0 Å². The summed E-state index contributed by atoms with van der Waals surface area (Å²) in [7, 11) is 0. The van der Waals surface area contributed by atoms with E-state index in [0.29, 0.717) is 0 Å². The van der Waals surface area contributed by atoms with Gasteiger partial charge in [0.25, 0.3) is 0 Å². The van der Waals surface area contributed by atoms with Gasteiger partial charge < -0.3 is 0 Å². The van der Waals surface area contributed by atoms with Crippen LogP contribution in [-0.4, -0.2) is 0 Å². The van der Waals surface area contributed by atoms with Gasteiger partial charge in [-0.1, -0.05) is 30.2 Å².